The quantitative estimate of drug-likeness (QED) is 0.863. The lowest BCUT2D eigenvalue weighted by atomic mass is 9.72. The molecule has 1 aromatic rings. The van der Waals surface area contributed by atoms with Crippen LogP contribution in [0.3, 0.4) is 0 Å². The van der Waals surface area contributed by atoms with Gasteiger partial charge in [-0.15, -0.1) is 0 Å². The molecule has 1 saturated heterocycles. The molecule has 1 fully saturated rings. The van der Waals surface area contributed by atoms with E-state index >= 15 is 0 Å². The van der Waals surface area contributed by atoms with Crippen LogP contribution in [0.1, 0.15) is 18.4 Å². The molecule has 0 radical (unpaired) electrons. The van der Waals surface area contributed by atoms with E-state index in [1.165, 1.54) is 12.0 Å². The molecule has 6 nitrogen and oxygen atoms in total. The number of nitrogens with zero attached hydrogens (tertiary/aromatic N) is 1. The normalized spacial score (nSPS) is 17.0. The van der Waals surface area contributed by atoms with E-state index in [0.717, 1.165) is 5.56 Å². The van der Waals surface area contributed by atoms with E-state index in [2.05, 4.69) is 5.32 Å². The zero-order chi connectivity index (χ0) is 16.0. The monoisotopic (exact) mass is 306 g/mol. The Morgan fingerprint density at radius 1 is 1.27 bits per heavy atom. The lowest BCUT2D eigenvalue weighted by Crippen LogP contribution is -2.50. The van der Waals surface area contributed by atoms with Gasteiger partial charge in [-0.3, -0.25) is 4.79 Å². The molecular formula is C16H22N2O4. The minimum absolute atomic E-state index is 0.0338. The van der Waals surface area contributed by atoms with Crippen LogP contribution in [0.15, 0.2) is 30.3 Å². The minimum atomic E-state index is -0.884. The highest BCUT2D eigenvalue weighted by molar-refractivity contribution is 5.77. The summed E-state index contributed by atoms with van der Waals surface area (Å²) in [6.45, 7) is 1.48. The average molecular weight is 306 g/mol. The van der Waals surface area contributed by atoms with Gasteiger partial charge in [0.15, 0.2) is 0 Å². The van der Waals surface area contributed by atoms with Crippen LogP contribution in [0.5, 0.6) is 0 Å². The molecule has 2 N–H and O–H groups in total. The molecule has 1 heterocycles. The highest BCUT2D eigenvalue weighted by Gasteiger charge is 2.37. The number of hydrogen-bond donors (Lipinski definition) is 2. The summed E-state index contributed by atoms with van der Waals surface area (Å²) in [7, 11) is 1.48. The van der Waals surface area contributed by atoms with Crippen LogP contribution in [0.4, 0.5) is 4.79 Å². The van der Waals surface area contributed by atoms with Crippen LogP contribution in [-0.2, 0) is 14.9 Å². The first-order valence-corrected chi connectivity index (χ1v) is 7.36. The average Bonchev–Trinajstić information content (AvgIpc) is 2.54. The van der Waals surface area contributed by atoms with Crippen molar-refractivity contribution in [2.24, 2.45) is 0 Å². The Kier molecular flexibility index (Phi) is 5.38. The van der Waals surface area contributed by atoms with Crippen LogP contribution < -0.4 is 5.32 Å². The fraction of sp³-hybridized carbons (Fsp3) is 0.500. The van der Waals surface area contributed by atoms with Crippen molar-refractivity contribution < 1.29 is 19.4 Å². The first-order valence-electron chi connectivity index (χ1n) is 7.36. The maximum Gasteiger partial charge on any atom is 0.407 e. The minimum Gasteiger partial charge on any atom is -0.465 e. The number of benzene rings is 1. The SMILES string of the molecule is COCC(=O)NCC1(c2ccccc2)CCN(C(=O)O)CC1. The van der Waals surface area contributed by atoms with Gasteiger partial charge in [0.1, 0.15) is 6.61 Å². The van der Waals surface area contributed by atoms with Crippen molar-refractivity contribution in [3.63, 3.8) is 0 Å². The van der Waals surface area contributed by atoms with Crippen LogP contribution in [0, 0.1) is 0 Å². The van der Waals surface area contributed by atoms with Crippen molar-refractivity contribution in [3.8, 4) is 0 Å². The highest BCUT2D eigenvalue weighted by Crippen LogP contribution is 2.35. The molecule has 1 aliphatic rings. The van der Waals surface area contributed by atoms with E-state index < -0.39 is 6.09 Å². The van der Waals surface area contributed by atoms with Crippen molar-refractivity contribution in [2.75, 3.05) is 33.4 Å². The van der Waals surface area contributed by atoms with Gasteiger partial charge in [-0.05, 0) is 18.4 Å². The number of ether oxygens (including phenoxy) is 1. The third-order valence-corrected chi connectivity index (χ3v) is 4.28. The summed E-state index contributed by atoms with van der Waals surface area (Å²) in [5.41, 5.74) is 0.911. The van der Waals surface area contributed by atoms with Crippen molar-refractivity contribution in [3.05, 3.63) is 35.9 Å². The molecule has 2 amide bonds. The summed E-state index contributed by atoms with van der Waals surface area (Å²) in [6, 6.07) is 9.97. The second kappa shape index (κ2) is 7.26. The van der Waals surface area contributed by atoms with Crippen molar-refractivity contribution in [1.82, 2.24) is 10.2 Å². The molecule has 0 atom stereocenters. The molecule has 1 aliphatic heterocycles. The summed E-state index contributed by atoms with van der Waals surface area (Å²) in [6.07, 6.45) is 0.498. The van der Waals surface area contributed by atoms with Gasteiger partial charge in [-0.25, -0.2) is 4.79 Å². The molecule has 1 aromatic carbocycles. The van der Waals surface area contributed by atoms with Gasteiger partial charge in [0, 0.05) is 32.2 Å². The van der Waals surface area contributed by atoms with Gasteiger partial charge in [0.25, 0.3) is 0 Å². The van der Waals surface area contributed by atoms with E-state index in [-0.39, 0.29) is 17.9 Å². The molecular weight excluding hydrogens is 284 g/mol. The Morgan fingerprint density at radius 2 is 1.91 bits per heavy atom. The maximum atomic E-state index is 11.7. The maximum absolute atomic E-state index is 11.7. The Labute approximate surface area is 130 Å². The van der Waals surface area contributed by atoms with Gasteiger partial charge in [0.2, 0.25) is 5.91 Å². The molecule has 0 bridgehead atoms. The van der Waals surface area contributed by atoms with E-state index in [0.29, 0.717) is 32.5 Å². The highest BCUT2D eigenvalue weighted by atomic mass is 16.5. The summed E-state index contributed by atoms with van der Waals surface area (Å²) in [4.78, 5) is 24.2. The van der Waals surface area contributed by atoms with Crippen LogP contribution >= 0.6 is 0 Å². The van der Waals surface area contributed by atoms with E-state index in [9.17, 15) is 9.59 Å². The number of amides is 2. The predicted molar refractivity (Wildman–Crippen MR) is 81.8 cm³/mol. The number of methoxy groups -OCH3 is 1. The molecule has 6 heteroatoms. The van der Waals surface area contributed by atoms with E-state index in [1.807, 2.05) is 30.3 Å². The molecule has 22 heavy (non-hydrogen) atoms. The standard InChI is InChI=1S/C16H22N2O4/c1-22-11-14(19)17-12-16(13-5-3-2-4-6-13)7-9-18(10-8-16)15(20)21/h2-6H,7-12H2,1H3,(H,17,19)(H,20,21). The summed E-state index contributed by atoms with van der Waals surface area (Å²) >= 11 is 0. The van der Waals surface area contributed by atoms with Gasteiger partial charge >= 0.3 is 6.09 Å². The van der Waals surface area contributed by atoms with Gasteiger partial charge < -0.3 is 20.1 Å². The van der Waals surface area contributed by atoms with E-state index in [1.54, 1.807) is 0 Å². The van der Waals surface area contributed by atoms with Gasteiger partial charge in [-0.2, -0.15) is 0 Å². The van der Waals surface area contributed by atoms with Crippen molar-refractivity contribution in [2.45, 2.75) is 18.3 Å². The fourth-order valence-electron chi connectivity index (χ4n) is 2.94. The second-order valence-corrected chi connectivity index (χ2v) is 5.63. The number of piperidine rings is 1. The molecule has 2 rings (SSSR count). The molecule has 0 spiro atoms. The first-order chi connectivity index (χ1) is 10.6. The third kappa shape index (κ3) is 3.76. The lowest BCUT2D eigenvalue weighted by Gasteiger charge is -2.41. The smallest absolute Gasteiger partial charge is 0.407 e. The molecule has 120 valence electrons. The molecule has 0 unspecified atom stereocenters. The summed E-state index contributed by atoms with van der Waals surface area (Å²) < 4.78 is 4.83. The number of carboxylic acid groups (broad SMARTS) is 1. The Hall–Kier alpha value is -2.08. The zero-order valence-electron chi connectivity index (χ0n) is 12.7. The topological polar surface area (TPSA) is 78.9 Å². The largest absolute Gasteiger partial charge is 0.465 e. The molecule has 0 aliphatic carbocycles. The number of carbonyl (C=O) groups is 2. The molecule has 0 aromatic heterocycles. The van der Waals surface area contributed by atoms with E-state index in [4.69, 9.17) is 9.84 Å². The van der Waals surface area contributed by atoms with Crippen LogP contribution in [0.25, 0.3) is 0 Å². The fourth-order valence-corrected chi connectivity index (χ4v) is 2.94. The Bertz CT molecular complexity index is 510. The van der Waals surface area contributed by atoms with Gasteiger partial charge in [-0.1, -0.05) is 30.3 Å². The lowest BCUT2D eigenvalue weighted by molar-refractivity contribution is -0.125. The third-order valence-electron chi connectivity index (χ3n) is 4.28. The Balaban J connectivity index is 2.12. The second-order valence-electron chi connectivity index (χ2n) is 5.63. The number of nitrogens with one attached hydrogen (secondary N) is 1. The van der Waals surface area contributed by atoms with Crippen molar-refractivity contribution >= 4 is 12.0 Å². The van der Waals surface area contributed by atoms with Crippen LogP contribution in [-0.4, -0.2) is 55.4 Å². The predicted octanol–water partition coefficient (Wildman–Crippen LogP) is 1.46. The molecule has 0 saturated carbocycles. The number of likely N-dealkylation sites (tertiary alicyclic amines) is 1. The Morgan fingerprint density at radius 3 is 2.45 bits per heavy atom. The van der Waals surface area contributed by atoms with Gasteiger partial charge in [0.05, 0.1) is 0 Å². The zero-order valence-corrected chi connectivity index (χ0v) is 12.7. The van der Waals surface area contributed by atoms with Crippen molar-refractivity contribution in [1.29, 1.82) is 0 Å². The number of carbonyl (C=O) groups excluding carboxylic acids is 1. The number of hydrogen-bond acceptors (Lipinski definition) is 3. The van der Waals surface area contributed by atoms with Crippen LogP contribution in [0.2, 0.25) is 0 Å². The number of rotatable bonds is 5. The summed E-state index contributed by atoms with van der Waals surface area (Å²) in [5.74, 6) is -0.154. The summed E-state index contributed by atoms with van der Waals surface area (Å²) in [5, 5.41) is 12.0. The first kappa shape index (κ1) is 16.3.